The fourth-order valence-corrected chi connectivity index (χ4v) is 4.15. The number of hydrogen-bond acceptors (Lipinski definition) is 7. The average molecular weight is 452 g/mol. The molecule has 0 spiro atoms. The SMILES string of the molecule is COc1ccccc1CN(CC(=O)NC(CCSC)C(=O)OC(C)C)CN1CCCC1. The largest absolute Gasteiger partial charge is 0.496 e. The van der Waals surface area contributed by atoms with E-state index in [9.17, 15) is 9.59 Å². The van der Waals surface area contributed by atoms with Gasteiger partial charge in [0.1, 0.15) is 11.8 Å². The van der Waals surface area contributed by atoms with Gasteiger partial charge < -0.3 is 14.8 Å². The van der Waals surface area contributed by atoms with Crippen molar-refractivity contribution >= 4 is 23.6 Å². The standard InChI is InChI=1S/C23H37N3O4S/c1-18(2)30-23(28)20(11-14-31-4)24-22(27)16-26(17-25-12-7-8-13-25)15-19-9-5-6-10-21(19)29-3/h5-6,9-10,18,20H,7-8,11-17H2,1-4H3,(H,24,27). The van der Waals surface area contributed by atoms with Crippen molar-refractivity contribution in [3.05, 3.63) is 29.8 Å². The van der Waals surface area contributed by atoms with Crippen molar-refractivity contribution in [2.45, 2.75) is 51.8 Å². The second-order valence-electron chi connectivity index (χ2n) is 8.15. The normalized spacial score (nSPS) is 15.3. The number of benzene rings is 1. The first kappa shape index (κ1) is 25.5. The van der Waals surface area contributed by atoms with Crippen molar-refractivity contribution in [3.8, 4) is 5.75 Å². The van der Waals surface area contributed by atoms with E-state index in [1.165, 1.54) is 12.8 Å². The molecule has 1 aromatic carbocycles. The third-order valence-electron chi connectivity index (χ3n) is 5.13. The second kappa shape index (κ2) is 13.6. The van der Waals surface area contributed by atoms with E-state index in [0.717, 1.165) is 30.2 Å². The van der Waals surface area contributed by atoms with Crippen LogP contribution in [0.5, 0.6) is 5.75 Å². The Morgan fingerprint density at radius 3 is 2.58 bits per heavy atom. The van der Waals surface area contributed by atoms with Crippen molar-refractivity contribution in [3.63, 3.8) is 0 Å². The molecule has 1 atom stereocenters. The van der Waals surface area contributed by atoms with Gasteiger partial charge in [0, 0.05) is 12.1 Å². The molecule has 8 heteroatoms. The molecule has 0 bridgehead atoms. The number of amides is 1. The molecule has 31 heavy (non-hydrogen) atoms. The third-order valence-corrected chi connectivity index (χ3v) is 5.78. The number of nitrogens with zero attached hydrogens (tertiary/aromatic N) is 2. The molecule has 0 aliphatic carbocycles. The summed E-state index contributed by atoms with van der Waals surface area (Å²) in [5.74, 6) is 1.05. The Balaban J connectivity index is 2.06. The summed E-state index contributed by atoms with van der Waals surface area (Å²) in [6.45, 7) is 7.23. The van der Waals surface area contributed by atoms with Crippen LogP contribution in [0.4, 0.5) is 0 Å². The number of likely N-dealkylation sites (tertiary alicyclic amines) is 1. The summed E-state index contributed by atoms with van der Waals surface area (Å²) in [5, 5.41) is 2.91. The Bertz CT molecular complexity index is 695. The van der Waals surface area contributed by atoms with E-state index in [1.54, 1.807) is 18.9 Å². The highest BCUT2D eigenvalue weighted by atomic mass is 32.2. The van der Waals surface area contributed by atoms with Crippen molar-refractivity contribution in [1.29, 1.82) is 0 Å². The lowest BCUT2D eigenvalue weighted by Gasteiger charge is -2.28. The number of ether oxygens (including phenoxy) is 2. The topological polar surface area (TPSA) is 71.1 Å². The molecule has 1 heterocycles. The molecule has 1 aliphatic heterocycles. The quantitative estimate of drug-likeness (QED) is 0.463. The number of carbonyl (C=O) groups excluding carboxylic acids is 2. The monoisotopic (exact) mass is 451 g/mol. The lowest BCUT2D eigenvalue weighted by Crippen LogP contribution is -2.48. The number of nitrogens with one attached hydrogen (secondary N) is 1. The smallest absolute Gasteiger partial charge is 0.328 e. The molecule has 1 saturated heterocycles. The Morgan fingerprint density at radius 1 is 1.23 bits per heavy atom. The fourth-order valence-electron chi connectivity index (χ4n) is 3.68. The minimum absolute atomic E-state index is 0.166. The van der Waals surface area contributed by atoms with Gasteiger partial charge in [0.2, 0.25) is 5.91 Å². The fraction of sp³-hybridized carbons (Fsp3) is 0.652. The molecular weight excluding hydrogens is 414 g/mol. The summed E-state index contributed by atoms with van der Waals surface area (Å²) >= 11 is 1.64. The number of rotatable bonds is 13. The van der Waals surface area contributed by atoms with E-state index in [4.69, 9.17) is 9.47 Å². The third kappa shape index (κ3) is 9.09. The molecule has 0 aromatic heterocycles. The minimum Gasteiger partial charge on any atom is -0.496 e. The molecule has 1 fully saturated rings. The lowest BCUT2D eigenvalue weighted by atomic mass is 10.2. The van der Waals surface area contributed by atoms with E-state index in [2.05, 4.69) is 15.1 Å². The minimum atomic E-state index is -0.623. The number of methoxy groups -OCH3 is 1. The summed E-state index contributed by atoms with van der Waals surface area (Å²) in [6.07, 6.45) is 4.70. The van der Waals surface area contributed by atoms with E-state index in [1.807, 2.05) is 44.4 Å². The first-order chi connectivity index (χ1) is 14.9. The van der Waals surface area contributed by atoms with E-state index in [-0.39, 0.29) is 24.5 Å². The summed E-state index contributed by atoms with van der Waals surface area (Å²) in [6, 6.07) is 7.25. The van der Waals surface area contributed by atoms with Crippen LogP contribution < -0.4 is 10.1 Å². The number of para-hydroxylation sites is 1. The van der Waals surface area contributed by atoms with Gasteiger partial charge in [-0.05, 0) is 64.3 Å². The van der Waals surface area contributed by atoms with Crippen molar-refractivity contribution in [2.24, 2.45) is 0 Å². The van der Waals surface area contributed by atoms with Crippen LogP contribution >= 0.6 is 11.8 Å². The van der Waals surface area contributed by atoms with Gasteiger partial charge >= 0.3 is 5.97 Å². The van der Waals surface area contributed by atoms with E-state index in [0.29, 0.717) is 19.6 Å². The molecular formula is C23H37N3O4S. The van der Waals surface area contributed by atoms with Gasteiger partial charge in [-0.1, -0.05) is 18.2 Å². The van der Waals surface area contributed by atoms with Crippen LogP contribution in [-0.4, -0.2) is 79.2 Å². The highest BCUT2D eigenvalue weighted by Crippen LogP contribution is 2.20. The molecule has 1 N–H and O–H groups in total. The van der Waals surface area contributed by atoms with Crippen molar-refractivity contribution in [1.82, 2.24) is 15.1 Å². The van der Waals surface area contributed by atoms with Crippen molar-refractivity contribution in [2.75, 3.05) is 45.4 Å². The molecule has 1 amide bonds. The predicted molar refractivity (Wildman–Crippen MR) is 125 cm³/mol. The molecule has 0 radical (unpaired) electrons. The Labute approximate surface area is 190 Å². The molecule has 1 aliphatic rings. The zero-order chi connectivity index (χ0) is 22.6. The van der Waals surface area contributed by atoms with E-state index >= 15 is 0 Å². The summed E-state index contributed by atoms with van der Waals surface area (Å²) in [7, 11) is 1.66. The van der Waals surface area contributed by atoms with Gasteiger partial charge in [-0.25, -0.2) is 4.79 Å². The second-order valence-corrected chi connectivity index (χ2v) is 9.14. The molecule has 0 saturated carbocycles. The Morgan fingerprint density at radius 2 is 1.94 bits per heavy atom. The highest BCUT2D eigenvalue weighted by molar-refractivity contribution is 7.98. The number of carbonyl (C=O) groups is 2. The molecule has 2 rings (SSSR count). The van der Waals surface area contributed by atoms with Crippen LogP contribution in [0.3, 0.4) is 0 Å². The lowest BCUT2D eigenvalue weighted by molar-refractivity contribution is -0.151. The van der Waals surface area contributed by atoms with Crippen molar-refractivity contribution < 1.29 is 19.1 Å². The van der Waals surface area contributed by atoms with E-state index < -0.39 is 6.04 Å². The first-order valence-electron chi connectivity index (χ1n) is 11.0. The van der Waals surface area contributed by atoms with Crippen LogP contribution in [0.2, 0.25) is 0 Å². The number of thioether (sulfide) groups is 1. The first-order valence-corrected chi connectivity index (χ1v) is 12.4. The van der Waals surface area contributed by atoms with Crippen LogP contribution in [0.25, 0.3) is 0 Å². The Hall–Kier alpha value is -1.77. The van der Waals surface area contributed by atoms with Crippen LogP contribution in [-0.2, 0) is 20.9 Å². The van der Waals surface area contributed by atoms with Crippen LogP contribution in [0.1, 0.15) is 38.7 Å². The van der Waals surface area contributed by atoms with Gasteiger partial charge in [0.25, 0.3) is 0 Å². The molecule has 174 valence electrons. The number of hydrogen-bond donors (Lipinski definition) is 1. The maximum atomic E-state index is 12.9. The van der Waals surface area contributed by atoms with Gasteiger partial charge in [-0.2, -0.15) is 11.8 Å². The summed E-state index contributed by atoms with van der Waals surface area (Å²) in [4.78, 5) is 29.8. The molecule has 1 aromatic rings. The molecule has 1 unspecified atom stereocenters. The van der Waals surface area contributed by atoms with Gasteiger partial charge in [-0.3, -0.25) is 14.6 Å². The maximum Gasteiger partial charge on any atom is 0.328 e. The maximum absolute atomic E-state index is 12.9. The predicted octanol–water partition coefficient (Wildman–Crippen LogP) is 2.74. The van der Waals surface area contributed by atoms with Gasteiger partial charge in [0.15, 0.2) is 0 Å². The average Bonchev–Trinajstić information content (AvgIpc) is 3.23. The Kier molecular flexibility index (Phi) is 11.2. The highest BCUT2D eigenvalue weighted by Gasteiger charge is 2.25. The van der Waals surface area contributed by atoms with Crippen LogP contribution in [0, 0.1) is 0 Å². The zero-order valence-electron chi connectivity index (χ0n) is 19.3. The van der Waals surface area contributed by atoms with Crippen LogP contribution in [0.15, 0.2) is 24.3 Å². The number of esters is 1. The summed E-state index contributed by atoms with van der Waals surface area (Å²) in [5.41, 5.74) is 1.04. The summed E-state index contributed by atoms with van der Waals surface area (Å²) < 4.78 is 10.8. The van der Waals surface area contributed by atoms with Gasteiger partial charge in [-0.15, -0.1) is 0 Å². The zero-order valence-corrected chi connectivity index (χ0v) is 20.1. The molecule has 7 nitrogen and oxygen atoms in total. The van der Waals surface area contributed by atoms with Gasteiger partial charge in [0.05, 0.1) is 26.4 Å².